The molecule has 7 heteroatoms. The van der Waals surface area contributed by atoms with Crippen molar-refractivity contribution in [1.29, 1.82) is 0 Å². The van der Waals surface area contributed by atoms with Crippen molar-refractivity contribution in [2.45, 2.75) is 58.2 Å². The van der Waals surface area contributed by atoms with Gasteiger partial charge in [0.15, 0.2) is 0 Å². The molecule has 0 unspecified atom stereocenters. The number of rotatable bonds is 10. The largest absolute Gasteiger partial charge is 0.467 e. The van der Waals surface area contributed by atoms with Crippen LogP contribution >= 0.6 is 11.6 Å². The molecule has 2 rings (SSSR count). The van der Waals surface area contributed by atoms with Gasteiger partial charge in [0, 0.05) is 31.5 Å². The molecular weight excluding hydrogens is 356 g/mol. The molecule has 1 aliphatic rings. The van der Waals surface area contributed by atoms with Gasteiger partial charge < -0.3 is 19.0 Å². The van der Waals surface area contributed by atoms with E-state index in [-0.39, 0.29) is 42.8 Å². The first-order valence-corrected chi connectivity index (χ1v) is 9.85. The minimum atomic E-state index is -0.0971. The Balaban J connectivity index is 2.07. The van der Waals surface area contributed by atoms with Crippen LogP contribution in [-0.4, -0.2) is 59.3 Å². The number of hydrogen-bond donors (Lipinski definition) is 0. The molecule has 2 amide bonds. The molecule has 26 heavy (non-hydrogen) atoms. The third-order valence-electron chi connectivity index (χ3n) is 4.78. The zero-order chi connectivity index (χ0) is 18.9. The summed E-state index contributed by atoms with van der Waals surface area (Å²) in [5.41, 5.74) is 0. The zero-order valence-electron chi connectivity index (χ0n) is 15.7. The SMILES string of the molecule is CC[C@H](C)N(CC(=O)N(Cc1ccco1)C[C@H]1CCCO1)C(=O)CCCl. The van der Waals surface area contributed by atoms with E-state index < -0.39 is 0 Å². The van der Waals surface area contributed by atoms with Gasteiger partial charge in [-0.15, -0.1) is 11.6 Å². The van der Waals surface area contributed by atoms with Crippen molar-refractivity contribution < 1.29 is 18.7 Å². The van der Waals surface area contributed by atoms with Crippen LogP contribution in [0.25, 0.3) is 0 Å². The highest BCUT2D eigenvalue weighted by molar-refractivity contribution is 6.18. The molecule has 0 aromatic carbocycles. The summed E-state index contributed by atoms with van der Waals surface area (Å²) in [4.78, 5) is 28.8. The predicted molar refractivity (Wildman–Crippen MR) is 99.9 cm³/mol. The summed E-state index contributed by atoms with van der Waals surface area (Å²) >= 11 is 5.72. The van der Waals surface area contributed by atoms with E-state index in [1.54, 1.807) is 22.1 Å². The lowest BCUT2D eigenvalue weighted by atomic mass is 10.2. The van der Waals surface area contributed by atoms with E-state index >= 15 is 0 Å². The second-order valence-electron chi connectivity index (χ2n) is 6.71. The molecule has 1 aromatic heterocycles. The smallest absolute Gasteiger partial charge is 0.242 e. The van der Waals surface area contributed by atoms with Crippen LogP contribution in [0.15, 0.2) is 22.8 Å². The van der Waals surface area contributed by atoms with E-state index in [4.69, 9.17) is 20.8 Å². The molecular formula is C19H29ClN2O4. The highest BCUT2D eigenvalue weighted by atomic mass is 35.5. The lowest BCUT2D eigenvalue weighted by Crippen LogP contribution is -2.47. The van der Waals surface area contributed by atoms with Gasteiger partial charge >= 0.3 is 0 Å². The lowest BCUT2D eigenvalue weighted by molar-refractivity contribution is -0.143. The second-order valence-corrected chi connectivity index (χ2v) is 7.08. The molecule has 0 bridgehead atoms. The molecule has 2 atom stereocenters. The summed E-state index contributed by atoms with van der Waals surface area (Å²) in [5, 5.41) is 0. The normalized spacial score (nSPS) is 17.9. The van der Waals surface area contributed by atoms with Crippen molar-refractivity contribution >= 4 is 23.4 Å². The molecule has 0 N–H and O–H groups in total. The summed E-state index contributed by atoms with van der Waals surface area (Å²) < 4.78 is 11.1. The summed E-state index contributed by atoms with van der Waals surface area (Å²) in [6, 6.07) is 3.64. The Morgan fingerprint density at radius 3 is 2.77 bits per heavy atom. The maximum atomic E-state index is 13.0. The molecule has 0 spiro atoms. The average Bonchev–Trinajstić information content (AvgIpc) is 3.32. The Labute approximate surface area is 160 Å². The van der Waals surface area contributed by atoms with E-state index in [9.17, 15) is 9.59 Å². The lowest BCUT2D eigenvalue weighted by Gasteiger charge is -2.31. The van der Waals surface area contributed by atoms with Gasteiger partial charge in [-0.05, 0) is 38.3 Å². The number of nitrogens with zero attached hydrogens (tertiary/aromatic N) is 2. The van der Waals surface area contributed by atoms with Crippen molar-refractivity contribution in [3.63, 3.8) is 0 Å². The first kappa shape index (κ1) is 20.8. The van der Waals surface area contributed by atoms with Gasteiger partial charge in [0.2, 0.25) is 11.8 Å². The van der Waals surface area contributed by atoms with Crippen LogP contribution < -0.4 is 0 Å². The number of amides is 2. The van der Waals surface area contributed by atoms with E-state index in [2.05, 4.69) is 0 Å². The fourth-order valence-corrected chi connectivity index (χ4v) is 3.22. The van der Waals surface area contributed by atoms with Crippen LogP contribution in [0, 0.1) is 0 Å². The van der Waals surface area contributed by atoms with Gasteiger partial charge in [0.1, 0.15) is 12.3 Å². The number of carbonyl (C=O) groups excluding carboxylic acids is 2. The van der Waals surface area contributed by atoms with Gasteiger partial charge in [0.25, 0.3) is 0 Å². The van der Waals surface area contributed by atoms with Gasteiger partial charge in [-0.1, -0.05) is 6.92 Å². The first-order chi connectivity index (χ1) is 12.5. The van der Waals surface area contributed by atoms with Crippen LogP contribution in [0.5, 0.6) is 0 Å². The average molecular weight is 385 g/mol. The quantitative estimate of drug-likeness (QED) is 0.581. The maximum absolute atomic E-state index is 13.0. The van der Waals surface area contributed by atoms with Crippen molar-refractivity contribution in [3.8, 4) is 0 Å². The van der Waals surface area contributed by atoms with Crippen molar-refractivity contribution in [2.75, 3.05) is 25.6 Å². The Bertz CT molecular complexity index is 558. The number of ether oxygens (including phenoxy) is 1. The Kier molecular flexibility index (Phi) is 8.45. The molecule has 1 saturated heterocycles. The van der Waals surface area contributed by atoms with Crippen LogP contribution in [0.2, 0.25) is 0 Å². The number of hydrogen-bond acceptors (Lipinski definition) is 4. The van der Waals surface area contributed by atoms with Crippen LogP contribution in [0.1, 0.15) is 45.3 Å². The molecule has 2 heterocycles. The number of furan rings is 1. The van der Waals surface area contributed by atoms with Crippen molar-refractivity contribution in [3.05, 3.63) is 24.2 Å². The summed E-state index contributed by atoms with van der Waals surface area (Å²) in [5.74, 6) is 0.794. The molecule has 0 radical (unpaired) electrons. The molecule has 1 fully saturated rings. The summed E-state index contributed by atoms with van der Waals surface area (Å²) in [6.45, 7) is 5.64. The Hall–Kier alpha value is -1.53. The molecule has 0 aliphatic carbocycles. The van der Waals surface area contributed by atoms with Gasteiger partial charge in [-0.25, -0.2) is 0 Å². The zero-order valence-corrected chi connectivity index (χ0v) is 16.4. The van der Waals surface area contributed by atoms with Crippen LogP contribution in [0.3, 0.4) is 0 Å². The van der Waals surface area contributed by atoms with Gasteiger partial charge in [0.05, 0.1) is 18.9 Å². The summed E-state index contributed by atoms with van der Waals surface area (Å²) in [7, 11) is 0. The van der Waals surface area contributed by atoms with Crippen molar-refractivity contribution in [2.24, 2.45) is 0 Å². The third-order valence-corrected chi connectivity index (χ3v) is 4.97. The predicted octanol–water partition coefficient (Wildman–Crippen LogP) is 3.04. The second kappa shape index (κ2) is 10.6. The van der Waals surface area contributed by atoms with Gasteiger partial charge in [-0.3, -0.25) is 9.59 Å². The molecule has 6 nitrogen and oxygen atoms in total. The van der Waals surface area contributed by atoms with E-state index in [1.807, 2.05) is 19.9 Å². The molecule has 1 aromatic rings. The van der Waals surface area contributed by atoms with Crippen LogP contribution in [-0.2, 0) is 20.9 Å². The standard InChI is InChI=1S/C19H29ClN2O4/c1-3-15(2)22(18(23)8-9-20)14-19(24)21(12-16-6-4-10-25-16)13-17-7-5-11-26-17/h4,6,10,15,17H,3,5,7-9,11-14H2,1-2H3/t15-,17+/m0/s1. The van der Waals surface area contributed by atoms with Crippen LogP contribution in [0.4, 0.5) is 0 Å². The van der Waals surface area contributed by atoms with Gasteiger partial charge in [-0.2, -0.15) is 0 Å². The maximum Gasteiger partial charge on any atom is 0.242 e. The fourth-order valence-electron chi connectivity index (χ4n) is 3.06. The van der Waals surface area contributed by atoms with E-state index in [0.717, 1.165) is 31.6 Å². The minimum Gasteiger partial charge on any atom is -0.467 e. The Morgan fingerprint density at radius 2 is 2.19 bits per heavy atom. The fraction of sp³-hybridized carbons (Fsp3) is 0.684. The number of halogens is 1. The minimum absolute atomic E-state index is 0.0112. The summed E-state index contributed by atoms with van der Waals surface area (Å²) in [6.07, 6.45) is 4.63. The number of carbonyl (C=O) groups is 2. The molecule has 146 valence electrons. The molecule has 1 aliphatic heterocycles. The Morgan fingerprint density at radius 1 is 1.38 bits per heavy atom. The topological polar surface area (TPSA) is 63.0 Å². The highest BCUT2D eigenvalue weighted by Crippen LogP contribution is 2.16. The van der Waals surface area contributed by atoms with E-state index in [0.29, 0.717) is 13.1 Å². The highest BCUT2D eigenvalue weighted by Gasteiger charge is 2.27. The van der Waals surface area contributed by atoms with Crippen molar-refractivity contribution in [1.82, 2.24) is 9.80 Å². The molecule has 0 saturated carbocycles. The third kappa shape index (κ3) is 6.02. The number of alkyl halides is 1. The first-order valence-electron chi connectivity index (χ1n) is 9.32. The monoisotopic (exact) mass is 384 g/mol. The van der Waals surface area contributed by atoms with E-state index in [1.165, 1.54) is 0 Å².